The second-order valence-electron chi connectivity index (χ2n) is 3.41. The molecule has 0 fully saturated rings. The van der Waals surface area contributed by atoms with Gasteiger partial charge in [-0.05, 0) is 36.7 Å². The molecule has 2 nitrogen and oxygen atoms in total. The maximum atomic E-state index is 12.9. The second-order valence-corrected chi connectivity index (χ2v) is 3.41. The molecule has 0 saturated carbocycles. The lowest BCUT2D eigenvalue weighted by Gasteiger charge is -2.17. The van der Waals surface area contributed by atoms with Crippen LogP contribution >= 0.6 is 12.4 Å². The predicted molar refractivity (Wildman–Crippen MR) is 59.2 cm³/mol. The SMILES string of the molecule is Cl.NCC[C@H](N)c1cc(F)ccc1C(F)(F)F. The van der Waals surface area contributed by atoms with Crippen LogP contribution in [0.1, 0.15) is 23.6 Å². The third-order valence-corrected chi connectivity index (χ3v) is 2.20. The molecule has 0 spiro atoms. The number of halogens is 5. The third kappa shape index (κ3) is 4.14. The summed E-state index contributed by atoms with van der Waals surface area (Å²) in [5.41, 5.74) is 9.57. The van der Waals surface area contributed by atoms with E-state index in [2.05, 4.69) is 0 Å². The first-order valence-electron chi connectivity index (χ1n) is 4.68. The van der Waals surface area contributed by atoms with Crippen LogP contribution in [-0.4, -0.2) is 6.54 Å². The molecule has 1 atom stereocenters. The van der Waals surface area contributed by atoms with Crippen molar-refractivity contribution in [3.63, 3.8) is 0 Å². The predicted octanol–water partition coefficient (Wildman–Crippen LogP) is 2.61. The lowest BCUT2D eigenvalue weighted by molar-refractivity contribution is -0.138. The number of hydrogen-bond donors (Lipinski definition) is 2. The molecule has 1 aromatic rings. The Bertz CT molecular complexity index is 368. The van der Waals surface area contributed by atoms with Crippen molar-refractivity contribution in [3.05, 3.63) is 35.1 Å². The van der Waals surface area contributed by atoms with Crippen molar-refractivity contribution in [3.8, 4) is 0 Å². The van der Waals surface area contributed by atoms with Gasteiger partial charge < -0.3 is 11.5 Å². The lowest BCUT2D eigenvalue weighted by Crippen LogP contribution is -2.20. The number of nitrogens with two attached hydrogens (primary N) is 2. The van der Waals surface area contributed by atoms with Gasteiger partial charge in [-0.3, -0.25) is 0 Å². The lowest BCUT2D eigenvalue weighted by atomic mass is 9.98. The van der Waals surface area contributed by atoms with Gasteiger partial charge in [-0.25, -0.2) is 4.39 Å². The van der Waals surface area contributed by atoms with Crippen molar-refractivity contribution in [2.75, 3.05) is 6.54 Å². The van der Waals surface area contributed by atoms with Crippen LogP contribution < -0.4 is 11.5 Å². The van der Waals surface area contributed by atoms with Crippen molar-refractivity contribution in [2.45, 2.75) is 18.6 Å². The molecule has 17 heavy (non-hydrogen) atoms. The maximum Gasteiger partial charge on any atom is 0.416 e. The molecule has 0 aromatic heterocycles. The number of benzene rings is 1. The highest BCUT2D eigenvalue weighted by Crippen LogP contribution is 2.35. The molecule has 1 rings (SSSR count). The van der Waals surface area contributed by atoms with Gasteiger partial charge in [0.1, 0.15) is 5.82 Å². The molecule has 4 N–H and O–H groups in total. The van der Waals surface area contributed by atoms with Gasteiger partial charge >= 0.3 is 6.18 Å². The Kier molecular flexibility index (Phi) is 5.87. The van der Waals surface area contributed by atoms with E-state index < -0.39 is 23.6 Å². The van der Waals surface area contributed by atoms with Crippen LogP contribution in [0.4, 0.5) is 17.6 Å². The van der Waals surface area contributed by atoms with Crippen LogP contribution in [0.3, 0.4) is 0 Å². The monoisotopic (exact) mass is 272 g/mol. The topological polar surface area (TPSA) is 52.0 Å². The molecule has 98 valence electrons. The Morgan fingerprint density at radius 1 is 1.24 bits per heavy atom. The fourth-order valence-corrected chi connectivity index (χ4v) is 1.43. The molecule has 0 heterocycles. The molecule has 0 saturated heterocycles. The van der Waals surface area contributed by atoms with Gasteiger partial charge in [-0.2, -0.15) is 13.2 Å². The molecule has 0 aliphatic heterocycles. The summed E-state index contributed by atoms with van der Waals surface area (Å²) < 4.78 is 50.6. The van der Waals surface area contributed by atoms with E-state index >= 15 is 0 Å². The average Bonchev–Trinajstić information content (AvgIpc) is 2.16. The van der Waals surface area contributed by atoms with E-state index in [-0.39, 0.29) is 30.9 Å². The second kappa shape index (κ2) is 6.18. The highest BCUT2D eigenvalue weighted by atomic mass is 35.5. The summed E-state index contributed by atoms with van der Waals surface area (Å²) in [4.78, 5) is 0. The molecule has 0 unspecified atom stereocenters. The Morgan fingerprint density at radius 3 is 2.29 bits per heavy atom. The van der Waals surface area contributed by atoms with Gasteiger partial charge in [-0.15, -0.1) is 12.4 Å². The van der Waals surface area contributed by atoms with Crippen molar-refractivity contribution >= 4 is 12.4 Å². The highest BCUT2D eigenvalue weighted by molar-refractivity contribution is 5.85. The normalized spacial score (nSPS) is 13.1. The first kappa shape index (κ1) is 16.1. The molecule has 0 aliphatic carbocycles. The summed E-state index contributed by atoms with van der Waals surface area (Å²) in [5.74, 6) is -0.740. The van der Waals surface area contributed by atoms with Crippen LogP contribution in [0.15, 0.2) is 18.2 Å². The fraction of sp³-hybridized carbons (Fsp3) is 0.400. The Labute approximate surface area is 102 Å². The first-order chi connectivity index (χ1) is 7.36. The van der Waals surface area contributed by atoms with Crippen LogP contribution in [0, 0.1) is 5.82 Å². The quantitative estimate of drug-likeness (QED) is 0.831. The van der Waals surface area contributed by atoms with E-state index in [9.17, 15) is 17.6 Å². The van der Waals surface area contributed by atoms with E-state index in [1.165, 1.54) is 0 Å². The molecular formula is C10H13ClF4N2. The molecule has 0 aliphatic rings. The first-order valence-corrected chi connectivity index (χ1v) is 4.68. The molecular weight excluding hydrogens is 260 g/mol. The third-order valence-electron chi connectivity index (χ3n) is 2.20. The summed E-state index contributed by atoms with van der Waals surface area (Å²) in [6, 6.07) is 1.36. The standard InChI is InChI=1S/C10H12F4N2.ClH/c11-6-1-2-8(10(12,13)14)7(5-6)9(16)3-4-15;/h1-2,5,9H,3-4,15-16H2;1H/t9-;/m0./s1. The van der Waals surface area contributed by atoms with Crippen molar-refractivity contribution in [1.29, 1.82) is 0 Å². The molecule has 7 heteroatoms. The Morgan fingerprint density at radius 2 is 1.82 bits per heavy atom. The fourth-order valence-electron chi connectivity index (χ4n) is 1.43. The zero-order chi connectivity index (χ0) is 12.3. The number of hydrogen-bond acceptors (Lipinski definition) is 2. The zero-order valence-corrected chi connectivity index (χ0v) is 9.61. The van der Waals surface area contributed by atoms with Crippen molar-refractivity contribution in [2.24, 2.45) is 11.5 Å². The van der Waals surface area contributed by atoms with Crippen molar-refractivity contribution in [1.82, 2.24) is 0 Å². The molecule has 0 bridgehead atoms. The van der Waals surface area contributed by atoms with Gasteiger partial charge in [0, 0.05) is 6.04 Å². The molecule has 0 amide bonds. The van der Waals surface area contributed by atoms with E-state index in [4.69, 9.17) is 11.5 Å². The van der Waals surface area contributed by atoms with Crippen molar-refractivity contribution < 1.29 is 17.6 Å². The van der Waals surface area contributed by atoms with E-state index in [1.807, 2.05) is 0 Å². The van der Waals surface area contributed by atoms with E-state index in [0.29, 0.717) is 6.07 Å². The van der Waals surface area contributed by atoms with Crippen LogP contribution in [0.5, 0.6) is 0 Å². The van der Waals surface area contributed by atoms with Gasteiger partial charge in [0.15, 0.2) is 0 Å². The van der Waals surface area contributed by atoms with Crippen LogP contribution in [0.25, 0.3) is 0 Å². The molecule has 1 aromatic carbocycles. The van der Waals surface area contributed by atoms with Gasteiger partial charge in [0.05, 0.1) is 5.56 Å². The van der Waals surface area contributed by atoms with E-state index in [1.54, 1.807) is 0 Å². The van der Waals surface area contributed by atoms with Gasteiger partial charge in [-0.1, -0.05) is 0 Å². The summed E-state index contributed by atoms with van der Waals surface area (Å²) in [7, 11) is 0. The van der Waals surface area contributed by atoms with Gasteiger partial charge in [0.25, 0.3) is 0 Å². The summed E-state index contributed by atoms with van der Waals surface area (Å²) >= 11 is 0. The summed E-state index contributed by atoms with van der Waals surface area (Å²) in [5, 5.41) is 0. The minimum atomic E-state index is -4.53. The minimum absolute atomic E-state index is 0. The number of rotatable bonds is 3. The zero-order valence-electron chi connectivity index (χ0n) is 8.80. The average molecular weight is 273 g/mol. The Hall–Kier alpha value is -0.850. The van der Waals surface area contributed by atoms with Crippen LogP contribution in [0.2, 0.25) is 0 Å². The molecule has 0 radical (unpaired) electrons. The summed E-state index contributed by atoms with van der Waals surface area (Å²) in [6.07, 6.45) is -4.36. The smallest absolute Gasteiger partial charge is 0.330 e. The maximum absolute atomic E-state index is 12.9. The number of alkyl halides is 3. The summed E-state index contributed by atoms with van der Waals surface area (Å²) in [6.45, 7) is 0.148. The van der Waals surface area contributed by atoms with Gasteiger partial charge in [0.2, 0.25) is 0 Å². The van der Waals surface area contributed by atoms with Crippen LogP contribution in [-0.2, 0) is 6.18 Å². The minimum Gasteiger partial charge on any atom is -0.330 e. The highest BCUT2D eigenvalue weighted by Gasteiger charge is 2.34. The van der Waals surface area contributed by atoms with E-state index in [0.717, 1.165) is 12.1 Å². The largest absolute Gasteiger partial charge is 0.416 e. The Balaban J connectivity index is 0.00000256.